The molecule has 4 amide bonds. The van der Waals surface area contributed by atoms with Crippen LogP contribution >= 0.6 is 0 Å². The van der Waals surface area contributed by atoms with Gasteiger partial charge in [0.25, 0.3) is 0 Å². The Kier molecular flexibility index (Phi) is 5.03. The van der Waals surface area contributed by atoms with Crippen LogP contribution in [0.4, 0.5) is 0 Å². The number of rotatable bonds is 6. The van der Waals surface area contributed by atoms with Crippen molar-refractivity contribution in [3.63, 3.8) is 0 Å². The van der Waals surface area contributed by atoms with Gasteiger partial charge in [0, 0.05) is 0 Å². The summed E-state index contributed by atoms with van der Waals surface area (Å²) >= 11 is 0. The number of amides is 4. The second-order valence-electron chi connectivity index (χ2n) is 4.91. The number of carbonyl (C=O) groups excluding carboxylic acids is 4. The first-order valence-electron chi connectivity index (χ1n) is 6.09. The second kappa shape index (κ2) is 6.33. The minimum Gasteiger partial charge on any atom is -0.368 e. The summed E-state index contributed by atoms with van der Waals surface area (Å²) < 4.78 is 0. The van der Waals surface area contributed by atoms with Gasteiger partial charge in [-0.15, -0.1) is 0 Å². The molecule has 0 unspecified atom stereocenters. The molecule has 1 aliphatic rings. The smallest absolute Gasteiger partial charge is 0.240 e. The molecule has 0 aliphatic carbocycles. The Morgan fingerprint density at radius 3 is 2.35 bits per heavy atom. The standard InChI is InChI=1S/C11H19N5O4/c1-11(2)15-5-10(20)16(11)6-9(19)14-4-8(18)13-3-7(12)17/h15H,3-6H2,1-2H3,(H2,12,17)(H,13,18)(H,14,19). The zero-order valence-corrected chi connectivity index (χ0v) is 11.5. The van der Waals surface area contributed by atoms with Crippen molar-refractivity contribution in [1.29, 1.82) is 0 Å². The van der Waals surface area contributed by atoms with E-state index in [1.54, 1.807) is 13.8 Å². The van der Waals surface area contributed by atoms with E-state index in [4.69, 9.17) is 5.73 Å². The summed E-state index contributed by atoms with van der Waals surface area (Å²) in [7, 11) is 0. The fraction of sp³-hybridized carbons (Fsp3) is 0.636. The minimum atomic E-state index is -0.667. The molecule has 0 radical (unpaired) electrons. The van der Waals surface area contributed by atoms with Crippen molar-refractivity contribution < 1.29 is 19.2 Å². The van der Waals surface area contributed by atoms with E-state index in [-0.39, 0.29) is 32.1 Å². The van der Waals surface area contributed by atoms with E-state index < -0.39 is 23.4 Å². The highest BCUT2D eigenvalue weighted by molar-refractivity contribution is 5.90. The van der Waals surface area contributed by atoms with Gasteiger partial charge >= 0.3 is 0 Å². The monoisotopic (exact) mass is 285 g/mol. The number of primary amides is 1. The molecule has 5 N–H and O–H groups in total. The second-order valence-corrected chi connectivity index (χ2v) is 4.91. The van der Waals surface area contributed by atoms with Crippen LogP contribution in [-0.2, 0) is 19.2 Å². The maximum Gasteiger partial charge on any atom is 0.240 e. The quantitative estimate of drug-likeness (QED) is 0.409. The number of carbonyl (C=O) groups is 4. The Bertz CT molecular complexity index is 435. The highest BCUT2D eigenvalue weighted by Crippen LogP contribution is 2.15. The summed E-state index contributed by atoms with van der Waals surface area (Å²) in [6.45, 7) is 3.05. The molecule has 0 aromatic carbocycles. The fourth-order valence-electron chi connectivity index (χ4n) is 1.71. The van der Waals surface area contributed by atoms with Crippen molar-refractivity contribution in [2.24, 2.45) is 5.73 Å². The van der Waals surface area contributed by atoms with Gasteiger partial charge in [-0.2, -0.15) is 0 Å². The molecule has 1 aliphatic heterocycles. The number of nitrogens with zero attached hydrogens (tertiary/aromatic N) is 1. The molecule has 112 valence electrons. The normalized spacial score (nSPS) is 16.9. The third-order valence-corrected chi connectivity index (χ3v) is 2.86. The molecule has 20 heavy (non-hydrogen) atoms. The molecule has 0 aromatic heterocycles. The average molecular weight is 285 g/mol. The van der Waals surface area contributed by atoms with Crippen molar-refractivity contribution in [2.75, 3.05) is 26.2 Å². The molecule has 0 spiro atoms. The van der Waals surface area contributed by atoms with E-state index in [2.05, 4.69) is 16.0 Å². The average Bonchev–Trinajstić information content (AvgIpc) is 2.60. The topological polar surface area (TPSA) is 134 Å². The van der Waals surface area contributed by atoms with Gasteiger partial charge in [0.05, 0.1) is 25.3 Å². The lowest BCUT2D eigenvalue weighted by atomic mass is 10.2. The van der Waals surface area contributed by atoms with Gasteiger partial charge in [0.15, 0.2) is 0 Å². The van der Waals surface area contributed by atoms with Crippen LogP contribution in [0.2, 0.25) is 0 Å². The molecule has 0 atom stereocenters. The molecule has 0 bridgehead atoms. The summed E-state index contributed by atoms with van der Waals surface area (Å²) in [5, 5.41) is 7.57. The lowest BCUT2D eigenvalue weighted by Gasteiger charge is -2.30. The molecule has 1 fully saturated rings. The Morgan fingerprint density at radius 2 is 1.85 bits per heavy atom. The highest BCUT2D eigenvalue weighted by Gasteiger charge is 2.37. The van der Waals surface area contributed by atoms with Crippen LogP contribution in [0.3, 0.4) is 0 Å². The van der Waals surface area contributed by atoms with Gasteiger partial charge in [-0.3, -0.25) is 24.5 Å². The number of nitrogens with two attached hydrogens (primary N) is 1. The first kappa shape index (κ1) is 15.9. The Balaban J connectivity index is 2.35. The van der Waals surface area contributed by atoms with Crippen molar-refractivity contribution in [3.05, 3.63) is 0 Å². The molecule has 9 heteroatoms. The maximum atomic E-state index is 11.7. The number of nitrogens with one attached hydrogen (secondary N) is 3. The van der Waals surface area contributed by atoms with Crippen molar-refractivity contribution in [2.45, 2.75) is 19.5 Å². The first-order valence-corrected chi connectivity index (χ1v) is 6.09. The van der Waals surface area contributed by atoms with Crippen LogP contribution in [0, 0.1) is 0 Å². The molecule has 0 aromatic rings. The van der Waals surface area contributed by atoms with Crippen molar-refractivity contribution in [1.82, 2.24) is 20.9 Å². The zero-order valence-electron chi connectivity index (χ0n) is 11.5. The first-order chi connectivity index (χ1) is 9.22. The third kappa shape index (κ3) is 4.50. The molecular weight excluding hydrogens is 266 g/mol. The highest BCUT2D eigenvalue weighted by atomic mass is 16.2. The van der Waals surface area contributed by atoms with E-state index in [0.717, 1.165) is 0 Å². The van der Waals surface area contributed by atoms with Gasteiger partial charge in [-0.25, -0.2) is 0 Å². The van der Waals surface area contributed by atoms with E-state index in [1.165, 1.54) is 4.90 Å². The summed E-state index contributed by atoms with van der Waals surface area (Å²) in [5.74, 6) is -1.82. The van der Waals surface area contributed by atoms with Crippen LogP contribution in [0.25, 0.3) is 0 Å². The maximum absolute atomic E-state index is 11.7. The van der Waals surface area contributed by atoms with Crippen LogP contribution < -0.4 is 21.7 Å². The Labute approximate surface area is 116 Å². The predicted octanol–water partition coefficient (Wildman–Crippen LogP) is -3.13. The molecule has 1 rings (SSSR count). The van der Waals surface area contributed by atoms with Crippen LogP contribution in [0.5, 0.6) is 0 Å². The number of hydrogen-bond acceptors (Lipinski definition) is 5. The zero-order chi connectivity index (χ0) is 15.3. The minimum absolute atomic E-state index is 0.137. The van der Waals surface area contributed by atoms with E-state index in [1.807, 2.05) is 0 Å². The summed E-state index contributed by atoms with van der Waals surface area (Å²) in [6.07, 6.45) is 0. The van der Waals surface area contributed by atoms with Crippen LogP contribution in [-0.4, -0.2) is 60.4 Å². The van der Waals surface area contributed by atoms with Gasteiger partial charge in [0.1, 0.15) is 6.54 Å². The Hall–Kier alpha value is -2.16. The number of hydrogen-bond donors (Lipinski definition) is 4. The van der Waals surface area contributed by atoms with Crippen molar-refractivity contribution in [3.8, 4) is 0 Å². The lowest BCUT2D eigenvalue weighted by molar-refractivity contribution is -0.136. The lowest BCUT2D eigenvalue weighted by Crippen LogP contribution is -2.51. The fourth-order valence-corrected chi connectivity index (χ4v) is 1.71. The summed E-state index contributed by atoms with van der Waals surface area (Å²) in [6, 6.07) is 0. The van der Waals surface area contributed by atoms with E-state index in [0.29, 0.717) is 0 Å². The summed E-state index contributed by atoms with van der Waals surface area (Å²) in [5.41, 5.74) is 4.26. The molecule has 9 nitrogen and oxygen atoms in total. The Morgan fingerprint density at radius 1 is 1.25 bits per heavy atom. The molecule has 0 saturated carbocycles. The van der Waals surface area contributed by atoms with Crippen LogP contribution in [0.15, 0.2) is 0 Å². The van der Waals surface area contributed by atoms with E-state index >= 15 is 0 Å². The van der Waals surface area contributed by atoms with Crippen molar-refractivity contribution >= 4 is 23.6 Å². The third-order valence-electron chi connectivity index (χ3n) is 2.86. The van der Waals surface area contributed by atoms with Gasteiger partial charge < -0.3 is 21.3 Å². The van der Waals surface area contributed by atoms with Gasteiger partial charge in [-0.1, -0.05) is 0 Å². The molecule has 1 heterocycles. The van der Waals surface area contributed by atoms with Gasteiger partial charge in [0.2, 0.25) is 23.6 Å². The van der Waals surface area contributed by atoms with Crippen LogP contribution in [0.1, 0.15) is 13.8 Å². The molecular formula is C11H19N5O4. The summed E-state index contributed by atoms with van der Waals surface area (Å²) in [4.78, 5) is 46.4. The van der Waals surface area contributed by atoms with Gasteiger partial charge in [-0.05, 0) is 13.8 Å². The predicted molar refractivity (Wildman–Crippen MR) is 69.0 cm³/mol. The largest absolute Gasteiger partial charge is 0.368 e. The molecule has 1 saturated heterocycles. The van der Waals surface area contributed by atoms with E-state index in [9.17, 15) is 19.2 Å². The SMILES string of the molecule is CC1(C)NCC(=O)N1CC(=O)NCC(=O)NCC(N)=O.